The third-order valence-electron chi connectivity index (χ3n) is 6.04. The average Bonchev–Trinajstić information content (AvgIpc) is 3.44. The summed E-state index contributed by atoms with van der Waals surface area (Å²) in [5, 5.41) is 20.8. The minimum atomic E-state index is -0.977. The maximum atomic E-state index is 13.3. The number of benzene rings is 3. The van der Waals surface area contributed by atoms with E-state index >= 15 is 0 Å². The fourth-order valence-corrected chi connectivity index (χ4v) is 5.27. The highest BCUT2D eigenvalue weighted by Crippen LogP contribution is 2.44. The number of aliphatic hydroxyl groups is 1. The van der Waals surface area contributed by atoms with Gasteiger partial charge in [-0.1, -0.05) is 70.4 Å². The largest absolute Gasteiger partial charge is 0.507 e. The summed E-state index contributed by atoms with van der Waals surface area (Å²) in [4.78, 5) is 27.7. The molecule has 0 spiro atoms. The highest BCUT2D eigenvalue weighted by molar-refractivity contribution is 7.15. The minimum Gasteiger partial charge on any atom is -0.507 e. The number of aromatic nitrogens is 2. The van der Waals surface area contributed by atoms with E-state index in [9.17, 15) is 14.7 Å². The Morgan fingerprint density at radius 3 is 2.42 bits per heavy atom. The number of anilines is 1. The van der Waals surface area contributed by atoms with E-state index in [-0.39, 0.29) is 21.5 Å². The maximum absolute atomic E-state index is 13.3. The monoisotopic (exact) mass is 565 g/mol. The van der Waals surface area contributed by atoms with Crippen LogP contribution in [-0.2, 0) is 16.2 Å². The lowest BCUT2D eigenvalue weighted by Crippen LogP contribution is -2.29. The minimum absolute atomic E-state index is 0.0883. The summed E-state index contributed by atoms with van der Waals surface area (Å²) >= 11 is 13.5. The van der Waals surface area contributed by atoms with E-state index in [2.05, 4.69) is 10.2 Å². The molecule has 192 valence electrons. The van der Waals surface area contributed by atoms with Gasteiger partial charge in [-0.05, 0) is 61.4 Å². The van der Waals surface area contributed by atoms with Crippen LogP contribution in [0, 0.1) is 13.8 Å². The van der Waals surface area contributed by atoms with Gasteiger partial charge in [0.05, 0.1) is 21.7 Å². The Kier molecular flexibility index (Phi) is 7.21. The quantitative estimate of drug-likeness (QED) is 0.159. The second-order valence-electron chi connectivity index (χ2n) is 8.75. The molecule has 0 radical (unpaired) electrons. The fraction of sp³-hybridized carbons (Fsp3) is 0.143. The molecule has 1 aliphatic rings. The SMILES string of the molecule is Cc1cccc(COc2ccc(/C(O)=C3\C(=O)C(=O)N(c4nnc(C)s4)C3c3ccc(Cl)c(Cl)c3)cc2)c1. The van der Waals surface area contributed by atoms with Crippen LogP contribution >= 0.6 is 34.5 Å². The number of amides is 1. The van der Waals surface area contributed by atoms with Gasteiger partial charge in [-0.15, -0.1) is 10.2 Å². The molecule has 0 bridgehead atoms. The molecule has 1 atom stereocenters. The summed E-state index contributed by atoms with van der Waals surface area (Å²) in [6.07, 6.45) is 0. The van der Waals surface area contributed by atoms with Crippen molar-refractivity contribution in [2.45, 2.75) is 26.5 Å². The zero-order valence-electron chi connectivity index (χ0n) is 20.3. The van der Waals surface area contributed by atoms with Crippen molar-refractivity contribution >= 4 is 57.1 Å². The van der Waals surface area contributed by atoms with Crippen LogP contribution in [0.1, 0.15) is 33.3 Å². The molecule has 7 nitrogen and oxygen atoms in total. The molecule has 1 N–H and O–H groups in total. The van der Waals surface area contributed by atoms with Gasteiger partial charge in [0.15, 0.2) is 0 Å². The van der Waals surface area contributed by atoms with Gasteiger partial charge in [-0.25, -0.2) is 0 Å². The van der Waals surface area contributed by atoms with Crippen molar-refractivity contribution < 1.29 is 19.4 Å². The number of halogens is 2. The zero-order chi connectivity index (χ0) is 27.0. The first-order valence-corrected chi connectivity index (χ1v) is 13.1. The highest BCUT2D eigenvalue weighted by atomic mass is 35.5. The van der Waals surface area contributed by atoms with Crippen LogP contribution in [-0.4, -0.2) is 27.0 Å². The molecule has 38 heavy (non-hydrogen) atoms. The zero-order valence-corrected chi connectivity index (χ0v) is 22.6. The van der Waals surface area contributed by atoms with Crippen LogP contribution in [0.15, 0.2) is 72.3 Å². The molecule has 10 heteroatoms. The number of carbonyl (C=O) groups is 2. The standard InChI is InChI=1S/C28H21Cl2N3O4S/c1-15-4-3-5-17(12-15)14-37-20-9-6-18(7-10-20)25(34)23-24(19-8-11-21(29)22(30)13-19)33(27(36)26(23)35)28-32-31-16(2)38-28/h3-13,24,34H,14H2,1-2H3/b25-23+. The van der Waals surface area contributed by atoms with Gasteiger partial charge in [0, 0.05) is 5.56 Å². The van der Waals surface area contributed by atoms with E-state index in [0.717, 1.165) is 22.5 Å². The van der Waals surface area contributed by atoms with E-state index < -0.39 is 17.7 Å². The van der Waals surface area contributed by atoms with Gasteiger partial charge in [-0.2, -0.15) is 0 Å². The molecule has 0 aliphatic carbocycles. The van der Waals surface area contributed by atoms with Crippen molar-refractivity contribution in [3.05, 3.63) is 110 Å². The maximum Gasteiger partial charge on any atom is 0.301 e. The summed E-state index contributed by atoms with van der Waals surface area (Å²) in [7, 11) is 0. The third-order valence-corrected chi connectivity index (χ3v) is 7.62. The van der Waals surface area contributed by atoms with Crippen LogP contribution in [0.3, 0.4) is 0 Å². The number of hydrogen-bond donors (Lipinski definition) is 1. The number of nitrogens with zero attached hydrogens (tertiary/aromatic N) is 3. The Morgan fingerprint density at radius 1 is 1.00 bits per heavy atom. The van der Waals surface area contributed by atoms with Gasteiger partial charge in [0.2, 0.25) is 5.13 Å². The Hall–Kier alpha value is -3.72. The van der Waals surface area contributed by atoms with E-state index in [1.165, 1.54) is 4.90 Å². The molecule has 1 unspecified atom stereocenters. The number of ether oxygens (including phenoxy) is 1. The molecule has 5 rings (SSSR count). The summed E-state index contributed by atoms with van der Waals surface area (Å²) in [5.74, 6) is -1.40. The highest BCUT2D eigenvalue weighted by Gasteiger charge is 2.48. The molecule has 4 aromatic rings. The topological polar surface area (TPSA) is 92.6 Å². The van der Waals surface area contributed by atoms with Crippen molar-refractivity contribution in [3.8, 4) is 5.75 Å². The number of Topliss-reactive ketones (excluding diaryl/α,β-unsaturated/α-hetero) is 1. The van der Waals surface area contributed by atoms with E-state index in [1.807, 2.05) is 31.2 Å². The van der Waals surface area contributed by atoms with Crippen LogP contribution in [0.4, 0.5) is 5.13 Å². The number of hydrogen-bond acceptors (Lipinski definition) is 7. The third kappa shape index (κ3) is 5.03. The summed E-state index contributed by atoms with van der Waals surface area (Å²) in [6.45, 7) is 4.15. The smallest absolute Gasteiger partial charge is 0.301 e. The summed E-state index contributed by atoms with van der Waals surface area (Å²) in [6, 6.07) is 18.5. The van der Waals surface area contributed by atoms with Crippen molar-refractivity contribution in [2.75, 3.05) is 4.90 Å². The predicted octanol–water partition coefficient (Wildman–Crippen LogP) is 6.67. The van der Waals surface area contributed by atoms with E-state index in [0.29, 0.717) is 33.5 Å². The number of carbonyl (C=O) groups excluding carboxylic acids is 2. The molecule has 0 saturated carbocycles. The second kappa shape index (κ2) is 10.6. The molecule has 1 aromatic heterocycles. The fourth-order valence-electron chi connectivity index (χ4n) is 4.24. The number of rotatable bonds is 6. The molecular formula is C28H21Cl2N3O4S. The molecule has 3 aromatic carbocycles. The molecular weight excluding hydrogens is 545 g/mol. The normalized spacial score (nSPS) is 16.7. The van der Waals surface area contributed by atoms with Crippen LogP contribution < -0.4 is 9.64 Å². The number of aryl methyl sites for hydroxylation is 2. The summed E-state index contributed by atoms with van der Waals surface area (Å²) in [5.41, 5.74) is 2.93. The summed E-state index contributed by atoms with van der Waals surface area (Å²) < 4.78 is 5.87. The lowest BCUT2D eigenvalue weighted by molar-refractivity contribution is -0.132. The van der Waals surface area contributed by atoms with Gasteiger partial charge in [-0.3, -0.25) is 14.5 Å². The number of aliphatic hydroxyl groups excluding tert-OH is 1. The van der Waals surface area contributed by atoms with Crippen molar-refractivity contribution in [1.29, 1.82) is 0 Å². The Morgan fingerprint density at radius 2 is 1.76 bits per heavy atom. The molecule has 1 saturated heterocycles. The van der Waals surface area contributed by atoms with Gasteiger partial charge in [0.25, 0.3) is 5.78 Å². The van der Waals surface area contributed by atoms with Crippen molar-refractivity contribution in [1.82, 2.24) is 10.2 Å². The first-order chi connectivity index (χ1) is 18.2. The molecule has 1 amide bonds. The first-order valence-electron chi connectivity index (χ1n) is 11.6. The van der Waals surface area contributed by atoms with Crippen LogP contribution in [0.5, 0.6) is 5.75 Å². The lowest BCUT2D eigenvalue weighted by atomic mass is 9.95. The van der Waals surface area contributed by atoms with Crippen LogP contribution in [0.2, 0.25) is 10.0 Å². The Labute approximate surface area is 232 Å². The molecule has 2 heterocycles. The van der Waals surface area contributed by atoms with Gasteiger partial charge in [0.1, 0.15) is 23.1 Å². The lowest BCUT2D eigenvalue weighted by Gasteiger charge is -2.23. The van der Waals surface area contributed by atoms with Crippen molar-refractivity contribution in [2.24, 2.45) is 0 Å². The van der Waals surface area contributed by atoms with Gasteiger partial charge < -0.3 is 9.84 Å². The van der Waals surface area contributed by atoms with Crippen LogP contribution in [0.25, 0.3) is 5.76 Å². The molecule has 1 aliphatic heterocycles. The second-order valence-corrected chi connectivity index (χ2v) is 10.7. The Balaban J connectivity index is 1.52. The first kappa shape index (κ1) is 25.9. The van der Waals surface area contributed by atoms with E-state index in [4.69, 9.17) is 27.9 Å². The van der Waals surface area contributed by atoms with Crippen molar-refractivity contribution in [3.63, 3.8) is 0 Å². The van der Waals surface area contributed by atoms with E-state index in [1.54, 1.807) is 49.4 Å². The molecule has 1 fully saturated rings. The van der Waals surface area contributed by atoms with Gasteiger partial charge >= 0.3 is 5.91 Å². The predicted molar refractivity (Wildman–Crippen MR) is 148 cm³/mol. The Bertz CT molecular complexity index is 1580. The average molecular weight is 566 g/mol. The number of ketones is 1.